The normalized spacial score (nSPS) is 24.1. The first-order valence-electron chi connectivity index (χ1n) is 7.19. The highest BCUT2D eigenvalue weighted by atomic mass is 32.2. The van der Waals surface area contributed by atoms with E-state index in [1.807, 2.05) is 25.1 Å². The van der Waals surface area contributed by atoms with E-state index in [0.29, 0.717) is 0 Å². The molecule has 0 aliphatic heterocycles. The van der Waals surface area contributed by atoms with Crippen molar-refractivity contribution in [2.75, 3.05) is 6.61 Å². The lowest BCUT2D eigenvalue weighted by Crippen LogP contribution is -2.46. The number of amides is 1. The molecular weight excluding hydrogens is 272 g/mol. The summed E-state index contributed by atoms with van der Waals surface area (Å²) < 4.78 is 0. The molecule has 1 aromatic heterocycles. The molecule has 1 fully saturated rings. The topological polar surface area (TPSA) is 62.2 Å². The van der Waals surface area contributed by atoms with Gasteiger partial charge in [-0.1, -0.05) is 30.7 Å². The smallest absolute Gasteiger partial charge is 0.233 e. The van der Waals surface area contributed by atoms with Gasteiger partial charge < -0.3 is 10.4 Å². The maximum atomic E-state index is 12.2. The number of thioether (sulfide) groups is 1. The Morgan fingerprint density at radius 3 is 3.00 bits per heavy atom. The first kappa shape index (κ1) is 15.3. The molecule has 0 spiro atoms. The molecule has 3 atom stereocenters. The standard InChI is InChI=1S/C15H22N2O2S/c1-11(20-14-8-4-5-9-16-14)15(19)17-13-7-3-2-6-12(13)10-18/h4-5,8-9,11-13,18H,2-3,6-7,10H2,1H3,(H,17,19). The molecule has 1 aromatic rings. The van der Waals surface area contributed by atoms with E-state index < -0.39 is 0 Å². The van der Waals surface area contributed by atoms with E-state index >= 15 is 0 Å². The zero-order chi connectivity index (χ0) is 14.4. The quantitative estimate of drug-likeness (QED) is 0.818. The minimum absolute atomic E-state index is 0.0333. The fourth-order valence-corrected chi connectivity index (χ4v) is 3.38. The zero-order valence-corrected chi connectivity index (χ0v) is 12.6. The van der Waals surface area contributed by atoms with Gasteiger partial charge in [0.1, 0.15) is 0 Å². The van der Waals surface area contributed by atoms with Crippen LogP contribution in [-0.4, -0.2) is 33.9 Å². The van der Waals surface area contributed by atoms with Crippen molar-refractivity contribution in [3.8, 4) is 0 Å². The molecule has 1 amide bonds. The molecule has 2 rings (SSSR count). The van der Waals surface area contributed by atoms with Gasteiger partial charge in [0.25, 0.3) is 0 Å². The van der Waals surface area contributed by atoms with E-state index in [9.17, 15) is 9.90 Å². The molecule has 110 valence electrons. The predicted octanol–water partition coefficient (Wildman–Crippen LogP) is 2.23. The number of aliphatic hydroxyl groups excluding tert-OH is 1. The van der Waals surface area contributed by atoms with Crippen LogP contribution in [0.25, 0.3) is 0 Å². The molecule has 0 aromatic carbocycles. The van der Waals surface area contributed by atoms with Crippen molar-refractivity contribution < 1.29 is 9.90 Å². The van der Waals surface area contributed by atoms with E-state index in [2.05, 4.69) is 10.3 Å². The van der Waals surface area contributed by atoms with Gasteiger partial charge in [-0.15, -0.1) is 0 Å². The second-order valence-electron chi connectivity index (χ2n) is 5.27. The number of aromatic nitrogens is 1. The Labute approximate surface area is 124 Å². The first-order chi connectivity index (χ1) is 9.70. The van der Waals surface area contributed by atoms with Crippen molar-refractivity contribution in [3.63, 3.8) is 0 Å². The maximum Gasteiger partial charge on any atom is 0.233 e. The lowest BCUT2D eigenvalue weighted by Gasteiger charge is -2.31. The highest BCUT2D eigenvalue weighted by Crippen LogP contribution is 2.25. The van der Waals surface area contributed by atoms with E-state index in [-0.39, 0.29) is 29.7 Å². The van der Waals surface area contributed by atoms with E-state index in [4.69, 9.17) is 0 Å². The summed E-state index contributed by atoms with van der Waals surface area (Å²) in [5.74, 6) is 0.241. The lowest BCUT2D eigenvalue weighted by atomic mass is 9.85. The Morgan fingerprint density at radius 1 is 1.50 bits per heavy atom. The Bertz CT molecular complexity index is 427. The Morgan fingerprint density at radius 2 is 2.30 bits per heavy atom. The monoisotopic (exact) mass is 294 g/mol. The van der Waals surface area contributed by atoms with Crippen LogP contribution in [0.3, 0.4) is 0 Å². The molecule has 0 bridgehead atoms. The molecule has 1 heterocycles. The predicted molar refractivity (Wildman–Crippen MR) is 80.5 cm³/mol. The van der Waals surface area contributed by atoms with E-state index in [0.717, 1.165) is 30.7 Å². The molecule has 5 heteroatoms. The highest BCUT2D eigenvalue weighted by molar-refractivity contribution is 8.00. The van der Waals surface area contributed by atoms with Gasteiger partial charge in [-0.3, -0.25) is 4.79 Å². The number of carbonyl (C=O) groups excluding carboxylic acids is 1. The van der Waals surface area contributed by atoms with Gasteiger partial charge >= 0.3 is 0 Å². The molecule has 1 aliphatic rings. The number of hydrogen-bond acceptors (Lipinski definition) is 4. The van der Waals surface area contributed by atoms with Crippen LogP contribution in [0.5, 0.6) is 0 Å². The number of nitrogens with one attached hydrogen (secondary N) is 1. The molecule has 4 nitrogen and oxygen atoms in total. The van der Waals surface area contributed by atoms with Crippen LogP contribution in [0, 0.1) is 5.92 Å². The second kappa shape index (κ2) is 7.64. The Kier molecular flexibility index (Phi) is 5.86. The highest BCUT2D eigenvalue weighted by Gasteiger charge is 2.27. The molecule has 1 saturated carbocycles. The summed E-state index contributed by atoms with van der Waals surface area (Å²) >= 11 is 1.46. The van der Waals surface area contributed by atoms with Crippen LogP contribution >= 0.6 is 11.8 Å². The largest absolute Gasteiger partial charge is 0.396 e. The number of nitrogens with zero attached hydrogens (tertiary/aromatic N) is 1. The lowest BCUT2D eigenvalue weighted by molar-refractivity contribution is -0.121. The van der Waals surface area contributed by atoms with Gasteiger partial charge in [0.15, 0.2) is 0 Å². The van der Waals surface area contributed by atoms with Crippen LogP contribution in [-0.2, 0) is 4.79 Å². The number of aliphatic hydroxyl groups is 1. The maximum absolute atomic E-state index is 12.2. The number of pyridine rings is 1. The van der Waals surface area contributed by atoms with E-state index in [1.165, 1.54) is 11.8 Å². The Hall–Kier alpha value is -1.07. The van der Waals surface area contributed by atoms with Crippen LogP contribution in [0.4, 0.5) is 0 Å². The third-order valence-electron chi connectivity index (χ3n) is 3.78. The molecular formula is C15H22N2O2S. The average Bonchev–Trinajstić information content (AvgIpc) is 2.48. The Balaban J connectivity index is 1.87. The first-order valence-corrected chi connectivity index (χ1v) is 8.07. The summed E-state index contributed by atoms with van der Waals surface area (Å²) in [5.41, 5.74) is 0. The fourth-order valence-electron chi connectivity index (χ4n) is 2.57. The average molecular weight is 294 g/mol. The third kappa shape index (κ3) is 4.21. The summed E-state index contributed by atoms with van der Waals surface area (Å²) in [6, 6.07) is 5.81. The van der Waals surface area contributed by atoms with Crippen LogP contribution in [0.15, 0.2) is 29.4 Å². The van der Waals surface area contributed by atoms with Gasteiger partial charge in [0.05, 0.1) is 10.3 Å². The molecule has 1 aliphatic carbocycles. The number of rotatable bonds is 5. The number of hydrogen-bond donors (Lipinski definition) is 2. The minimum Gasteiger partial charge on any atom is -0.396 e. The summed E-state index contributed by atoms with van der Waals surface area (Å²) in [7, 11) is 0. The van der Waals surface area contributed by atoms with Crippen molar-refractivity contribution in [3.05, 3.63) is 24.4 Å². The molecule has 2 N–H and O–H groups in total. The van der Waals surface area contributed by atoms with Crippen molar-refractivity contribution >= 4 is 17.7 Å². The fraction of sp³-hybridized carbons (Fsp3) is 0.600. The summed E-state index contributed by atoms with van der Waals surface area (Å²) in [5, 5.41) is 13.2. The summed E-state index contributed by atoms with van der Waals surface area (Å²) in [6.07, 6.45) is 5.98. The van der Waals surface area contributed by atoms with Crippen molar-refractivity contribution in [1.82, 2.24) is 10.3 Å². The molecule has 0 radical (unpaired) electrons. The van der Waals surface area contributed by atoms with Gasteiger partial charge in [0, 0.05) is 24.8 Å². The minimum atomic E-state index is -0.175. The van der Waals surface area contributed by atoms with Gasteiger partial charge in [-0.25, -0.2) is 4.98 Å². The van der Waals surface area contributed by atoms with Crippen LogP contribution in [0.1, 0.15) is 32.6 Å². The van der Waals surface area contributed by atoms with Crippen LogP contribution < -0.4 is 5.32 Å². The van der Waals surface area contributed by atoms with Crippen molar-refractivity contribution in [1.29, 1.82) is 0 Å². The van der Waals surface area contributed by atoms with Gasteiger partial charge in [-0.05, 0) is 31.9 Å². The van der Waals surface area contributed by atoms with Crippen molar-refractivity contribution in [2.24, 2.45) is 5.92 Å². The molecule has 0 saturated heterocycles. The van der Waals surface area contributed by atoms with E-state index in [1.54, 1.807) is 6.20 Å². The summed E-state index contributed by atoms with van der Waals surface area (Å²) in [4.78, 5) is 16.5. The van der Waals surface area contributed by atoms with Crippen molar-refractivity contribution in [2.45, 2.75) is 48.9 Å². The third-order valence-corrected chi connectivity index (χ3v) is 4.83. The molecule has 3 unspecified atom stereocenters. The molecule has 20 heavy (non-hydrogen) atoms. The number of carbonyl (C=O) groups is 1. The van der Waals surface area contributed by atoms with Crippen LogP contribution in [0.2, 0.25) is 0 Å². The zero-order valence-electron chi connectivity index (χ0n) is 11.8. The van der Waals surface area contributed by atoms with Gasteiger partial charge in [-0.2, -0.15) is 0 Å². The SMILES string of the molecule is CC(Sc1ccccn1)C(=O)NC1CCCCC1CO. The summed E-state index contributed by atoms with van der Waals surface area (Å²) in [6.45, 7) is 2.05. The second-order valence-corrected chi connectivity index (χ2v) is 6.63. The van der Waals surface area contributed by atoms with Gasteiger partial charge in [0.2, 0.25) is 5.91 Å².